The molecule has 0 amide bonds. The average molecular weight is 380 g/mol. The van der Waals surface area contributed by atoms with Crippen molar-refractivity contribution in [2.45, 2.75) is 0 Å². The quantitative estimate of drug-likeness (QED) is 0.301. The molecule has 0 aliphatic rings. The van der Waals surface area contributed by atoms with Crippen molar-refractivity contribution in [2.24, 2.45) is 0 Å². The molecule has 1 nitrogen and oxygen atoms in total. The van der Waals surface area contributed by atoms with E-state index < -0.39 is 5.95 Å². The lowest BCUT2D eigenvalue weighted by Gasteiger charge is -2.13. The van der Waals surface area contributed by atoms with Gasteiger partial charge < -0.3 is 0 Å². The van der Waals surface area contributed by atoms with Gasteiger partial charge in [0, 0.05) is 17.3 Å². The molecule has 0 spiro atoms. The smallest absolute Gasteiger partial charge is 0.220 e. The predicted molar refractivity (Wildman–Crippen MR) is 79.7 cm³/mol. The Hall–Kier alpha value is 0.0400. The number of hydrogen-bond acceptors (Lipinski definition) is 1. The van der Waals surface area contributed by atoms with Gasteiger partial charge in [0.15, 0.2) is 0 Å². The van der Waals surface area contributed by atoms with Crippen molar-refractivity contribution in [3.63, 3.8) is 0 Å². The molecule has 2 aromatic rings. The van der Waals surface area contributed by atoms with Crippen molar-refractivity contribution in [3.8, 4) is 11.1 Å². The summed E-state index contributed by atoms with van der Waals surface area (Å²) in [4.78, 5) is 3.48. The number of rotatable bonds is 1. The van der Waals surface area contributed by atoms with E-state index in [0.717, 1.165) is 6.20 Å². The zero-order chi connectivity index (χ0) is 14.3. The Morgan fingerprint density at radius 1 is 0.789 bits per heavy atom. The predicted octanol–water partition coefficient (Wildman–Crippen LogP) is 6.81. The van der Waals surface area contributed by atoms with Gasteiger partial charge in [-0.1, -0.05) is 69.6 Å². The Balaban J connectivity index is 2.87. The molecule has 100 valence electrons. The molecular formula is C11H2Cl6FN. The highest BCUT2D eigenvalue weighted by Gasteiger charge is 2.23. The molecule has 0 atom stereocenters. The first-order valence-electron chi connectivity index (χ1n) is 4.67. The molecule has 0 saturated heterocycles. The molecule has 19 heavy (non-hydrogen) atoms. The number of pyridine rings is 1. The van der Waals surface area contributed by atoms with Crippen molar-refractivity contribution in [3.05, 3.63) is 48.3 Å². The third-order valence-electron chi connectivity index (χ3n) is 2.28. The van der Waals surface area contributed by atoms with Gasteiger partial charge >= 0.3 is 0 Å². The number of benzene rings is 1. The van der Waals surface area contributed by atoms with Gasteiger partial charge in [-0.25, -0.2) is 4.98 Å². The van der Waals surface area contributed by atoms with Crippen LogP contribution in [0.4, 0.5) is 4.39 Å². The van der Waals surface area contributed by atoms with Gasteiger partial charge in [0.25, 0.3) is 0 Å². The van der Waals surface area contributed by atoms with Crippen LogP contribution in [-0.4, -0.2) is 4.98 Å². The Labute approximate surface area is 138 Å². The van der Waals surface area contributed by atoms with Crippen LogP contribution in [0, 0.1) is 5.95 Å². The van der Waals surface area contributed by atoms with Gasteiger partial charge in [0.1, 0.15) is 0 Å². The molecule has 0 radical (unpaired) electrons. The highest BCUT2D eigenvalue weighted by atomic mass is 35.5. The lowest BCUT2D eigenvalue weighted by molar-refractivity contribution is 0.587. The molecule has 0 fully saturated rings. The monoisotopic (exact) mass is 377 g/mol. The van der Waals surface area contributed by atoms with E-state index in [4.69, 9.17) is 69.6 Å². The summed E-state index contributed by atoms with van der Waals surface area (Å²) in [5.41, 5.74) is 0.0817. The van der Waals surface area contributed by atoms with Crippen molar-refractivity contribution in [2.75, 3.05) is 0 Å². The standard InChI is InChI=1S/C11H2Cl6FN/c12-3-1-4(11(18)19-2-3)5-6(13)8(15)10(17)9(16)7(5)14/h1-2H. The van der Waals surface area contributed by atoms with Crippen LogP contribution in [0.3, 0.4) is 0 Å². The van der Waals surface area contributed by atoms with E-state index in [0.29, 0.717) is 0 Å². The second kappa shape index (κ2) is 5.80. The van der Waals surface area contributed by atoms with Gasteiger partial charge in [-0.3, -0.25) is 0 Å². The molecule has 0 unspecified atom stereocenters. The molecule has 0 aliphatic heterocycles. The number of halogens is 7. The topological polar surface area (TPSA) is 12.9 Å². The van der Waals surface area contributed by atoms with Gasteiger partial charge in [0.2, 0.25) is 5.95 Å². The van der Waals surface area contributed by atoms with Crippen LogP contribution in [0.5, 0.6) is 0 Å². The zero-order valence-corrected chi connectivity index (χ0v) is 13.3. The van der Waals surface area contributed by atoms with Crippen LogP contribution in [-0.2, 0) is 0 Å². The zero-order valence-electron chi connectivity index (χ0n) is 8.75. The van der Waals surface area contributed by atoms with Crippen molar-refractivity contribution in [1.29, 1.82) is 0 Å². The van der Waals surface area contributed by atoms with E-state index in [1.54, 1.807) is 0 Å². The summed E-state index contributed by atoms with van der Waals surface area (Å²) in [6.07, 6.45) is 1.15. The average Bonchev–Trinajstić information content (AvgIpc) is 2.38. The largest absolute Gasteiger partial charge is 0.226 e. The lowest BCUT2D eigenvalue weighted by Crippen LogP contribution is -1.92. The lowest BCUT2D eigenvalue weighted by atomic mass is 10.1. The van der Waals surface area contributed by atoms with Gasteiger partial charge in [-0.15, -0.1) is 0 Å². The van der Waals surface area contributed by atoms with Crippen LogP contribution in [0.2, 0.25) is 30.1 Å². The summed E-state index contributed by atoms with van der Waals surface area (Å²) < 4.78 is 13.8. The van der Waals surface area contributed by atoms with Crippen LogP contribution in [0.1, 0.15) is 0 Å². The molecule has 1 aromatic carbocycles. The van der Waals surface area contributed by atoms with E-state index in [1.807, 2.05) is 0 Å². The van der Waals surface area contributed by atoms with Gasteiger partial charge in [-0.05, 0) is 6.07 Å². The van der Waals surface area contributed by atoms with E-state index in [2.05, 4.69) is 4.98 Å². The second-order valence-electron chi connectivity index (χ2n) is 3.44. The Morgan fingerprint density at radius 2 is 1.26 bits per heavy atom. The minimum atomic E-state index is -0.803. The first kappa shape index (κ1) is 15.4. The van der Waals surface area contributed by atoms with Crippen LogP contribution < -0.4 is 0 Å². The second-order valence-corrected chi connectivity index (χ2v) is 5.76. The number of aromatic nitrogens is 1. The maximum Gasteiger partial charge on any atom is 0.220 e. The fraction of sp³-hybridized carbons (Fsp3) is 0. The molecule has 1 heterocycles. The summed E-state index contributed by atoms with van der Waals surface area (Å²) in [5.74, 6) is -0.803. The molecule has 0 N–H and O–H groups in total. The summed E-state index contributed by atoms with van der Waals surface area (Å²) in [5, 5.41) is 0.121. The maximum absolute atomic E-state index is 13.8. The maximum atomic E-state index is 13.8. The third kappa shape index (κ3) is 2.76. The van der Waals surface area contributed by atoms with Crippen molar-refractivity contribution in [1.82, 2.24) is 4.98 Å². The Kier molecular flexibility index (Phi) is 4.71. The molecule has 2 rings (SSSR count). The highest BCUT2D eigenvalue weighted by molar-refractivity contribution is 6.56. The summed E-state index contributed by atoms with van der Waals surface area (Å²) in [7, 11) is 0. The minimum Gasteiger partial charge on any atom is -0.226 e. The van der Waals surface area contributed by atoms with E-state index in [1.165, 1.54) is 6.07 Å². The number of nitrogens with zero attached hydrogens (tertiary/aromatic N) is 1. The molecule has 0 bridgehead atoms. The summed E-state index contributed by atoms with van der Waals surface area (Å²) in [6.45, 7) is 0. The van der Waals surface area contributed by atoms with E-state index in [9.17, 15) is 4.39 Å². The van der Waals surface area contributed by atoms with Crippen molar-refractivity contribution < 1.29 is 4.39 Å². The Bertz CT molecular complexity index is 644. The fourth-order valence-electron chi connectivity index (χ4n) is 1.44. The first-order chi connectivity index (χ1) is 8.84. The van der Waals surface area contributed by atoms with E-state index >= 15 is 0 Å². The molecular weight excluding hydrogens is 378 g/mol. The minimum absolute atomic E-state index is 0.00233. The van der Waals surface area contributed by atoms with Gasteiger partial charge in [-0.2, -0.15) is 4.39 Å². The summed E-state index contributed by atoms with van der Waals surface area (Å²) in [6, 6.07) is 1.32. The fourth-order valence-corrected chi connectivity index (χ4v) is 2.94. The van der Waals surface area contributed by atoms with Gasteiger partial charge in [0.05, 0.1) is 30.1 Å². The first-order valence-corrected chi connectivity index (χ1v) is 6.94. The van der Waals surface area contributed by atoms with Crippen LogP contribution in [0.25, 0.3) is 11.1 Å². The summed E-state index contributed by atoms with van der Waals surface area (Å²) >= 11 is 35.5. The third-order valence-corrected chi connectivity index (χ3v) is 4.77. The number of hydrogen-bond donors (Lipinski definition) is 0. The molecule has 1 aromatic heterocycles. The van der Waals surface area contributed by atoms with Crippen molar-refractivity contribution >= 4 is 69.6 Å². The van der Waals surface area contributed by atoms with Crippen LogP contribution in [0.15, 0.2) is 12.3 Å². The normalized spacial score (nSPS) is 10.9. The van der Waals surface area contributed by atoms with Crippen LogP contribution >= 0.6 is 69.6 Å². The Morgan fingerprint density at radius 3 is 1.79 bits per heavy atom. The highest BCUT2D eigenvalue weighted by Crippen LogP contribution is 2.48. The molecule has 0 aliphatic carbocycles. The molecule has 0 saturated carbocycles. The van der Waals surface area contributed by atoms with E-state index in [-0.39, 0.29) is 41.3 Å². The SMILES string of the molecule is Fc1ncc(Cl)cc1-c1c(Cl)c(Cl)c(Cl)c(Cl)c1Cl. The molecule has 8 heteroatoms.